The Morgan fingerprint density at radius 3 is 2.37 bits per heavy atom. The summed E-state index contributed by atoms with van der Waals surface area (Å²) in [7, 11) is 0. The lowest BCUT2D eigenvalue weighted by Crippen LogP contribution is -2.36. The average molecular weight is 274 g/mol. The monoisotopic (exact) mass is 274 g/mol. The number of nitrogens with zero attached hydrogens (tertiary/aromatic N) is 2. The molecule has 0 aliphatic carbocycles. The second kappa shape index (κ2) is 5.07. The summed E-state index contributed by atoms with van der Waals surface area (Å²) in [5.41, 5.74) is -0.325. The van der Waals surface area contributed by atoms with Crippen molar-refractivity contribution in [3.8, 4) is 0 Å². The van der Waals surface area contributed by atoms with Crippen LogP contribution in [0, 0.1) is 5.92 Å². The van der Waals surface area contributed by atoms with Gasteiger partial charge in [0.05, 0.1) is 17.8 Å². The average Bonchev–Trinajstić information content (AvgIpc) is 2.38. The van der Waals surface area contributed by atoms with Crippen molar-refractivity contribution in [1.82, 2.24) is 4.98 Å². The van der Waals surface area contributed by atoms with Gasteiger partial charge in [0.2, 0.25) is 0 Å². The van der Waals surface area contributed by atoms with Gasteiger partial charge in [-0.2, -0.15) is 13.2 Å². The van der Waals surface area contributed by atoms with Crippen LogP contribution in [-0.2, 0) is 11.0 Å². The number of carboxylic acids is 1. The molecule has 2 rings (SSSR count). The highest BCUT2D eigenvalue weighted by molar-refractivity contribution is 5.70. The lowest BCUT2D eigenvalue weighted by Gasteiger charge is -2.31. The van der Waals surface area contributed by atoms with Crippen molar-refractivity contribution in [2.75, 3.05) is 18.0 Å². The van der Waals surface area contributed by atoms with Crippen molar-refractivity contribution in [2.45, 2.75) is 19.0 Å². The van der Waals surface area contributed by atoms with E-state index in [1.807, 2.05) is 4.90 Å². The van der Waals surface area contributed by atoms with E-state index in [-0.39, 0.29) is 5.92 Å². The van der Waals surface area contributed by atoms with E-state index in [1.54, 1.807) is 0 Å². The number of hydrogen-bond acceptors (Lipinski definition) is 3. The minimum atomic E-state index is -4.44. The smallest absolute Gasteiger partial charge is 0.433 e. The summed E-state index contributed by atoms with van der Waals surface area (Å²) in [4.78, 5) is 16.0. The van der Waals surface area contributed by atoms with Gasteiger partial charge in [0.1, 0.15) is 5.69 Å². The normalized spacial score (nSPS) is 17.5. The van der Waals surface area contributed by atoms with Crippen LogP contribution in [0.4, 0.5) is 18.9 Å². The van der Waals surface area contributed by atoms with E-state index >= 15 is 0 Å². The molecule has 7 heteroatoms. The number of anilines is 1. The fraction of sp³-hybridized carbons (Fsp3) is 0.500. The number of alkyl halides is 3. The van der Waals surface area contributed by atoms with E-state index in [0.717, 1.165) is 6.07 Å². The van der Waals surface area contributed by atoms with E-state index < -0.39 is 17.8 Å². The van der Waals surface area contributed by atoms with Gasteiger partial charge in [0.25, 0.3) is 0 Å². The Kier molecular flexibility index (Phi) is 3.64. The number of rotatable bonds is 2. The zero-order valence-corrected chi connectivity index (χ0v) is 10.0. The van der Waals surface area contributed by atoms with Gasteiger partial charge in [-0.3, -0.25) is 4.79 Å². The molecule has 1 aliphatic rings. The van der Waals surface area contributed by atoms with E-state index in [0.29, 0.717) is 31.6 Å². The predicted octanol–water partition coefficient (Wildman–Crippen LogP) is 2.40. The standard InChI is InChI=1S/C12H13F3N2O2/c13-12(14,15)10-2-1-9(7-16-10)17-5-3-8(4-6-17)11(18)19/h1-2,7-8H,3-6H2,(H,18,19). The summed E-state index contributed by atoms with van der Waals surface area (Å²) in [5.74, 6) is -1.18. The van der Waals surface area contributed by atoms with E-state index in [2.05, 4.69) is 4.98 Å². The van der Waals surface area contributed by atoms with Gasteiger partial charge in [-0.05, 0) is 25.0 Å². The Bertz CT molecular complexity index is 451. The molecule has 0 bridgehead atoms. The van der Waals surface area contributed by atoms with Crippen LogP contribution in [0.2, 0.25) is 0 Å². The topological polar surface area (TPSA) is 53.4 Å². The highest BCUT2D eigenvalue weighted by atomic mass is 19.4. The number of piperidine rings is 1. The molecule has 0 radical (unpaired) electrons. The molecular weight excluding hydrogens is 261 g/mol. The zero-order valence-electron chi connectivity index (χ0n) is 10.0. The van der Waals surface area contributed by atoms with Crippen LogP contribution in [0.1, 0.15) is 18.5 Å². The maximum absolute atomic E-state index is 12.4. The number of halogens is 3. The summed E-state index contributed by atoms with van der Waals surface area (Å²) in [6.45, 7) is 1.04. The van der Waals surface area contributed by atoms with E-state index in [9.17, 15) is 18.0 Å². The Labute approximate surface area is 107 Å². The van der Waals surface area contributed by atoms with Gasteiger partial charge in [-0.15, -0.1) is 0 Å². The largest absolute Gasteiger partial charge is 0.481 e. The SMILES string of the molecule is O=C(O)C1CCN(c2ccc(C(F)(F)F)nc2)CC1. The quantitative estimate of drug-likeness (QED) is 0.899. The van der Waals surface area contributed by atoms with Crippen LogP contribution < -0.4 is 4.90 Å². The fourth-order valence-electron chi connectivity index (χ4n) is 2.13. The third-order valence-electron chi connectivity index (χ3n) is 3.25. The molecule has 0 spiro atoms. The van der Waals surface area contributed by atoms with Crippen molar-refractivity contribution in [2.24, 2.45) is 5.92 Å². The third kappa shape index (κ3) is 3.15. The number of pyridine rings is 1. The van der Waals surface area contributed by atoms with Gasteiger partial charge in [0, 0.05) is 13.1 Å². The number of carboxylic acid groups (broad SMARTS) is 1. The second-order valence-electron chi connectivity index (χ2n) is 4.50. The molecule has 0 saturated carbocycles. The van der Waals surface area contributed by atoms with Crippen molar-refractivity contribution >= 4 is 11.7 Å². The molecule has 1 aromatic heterocycles. The predicted molar refractivity (Wildman–Crippen MR) is 61.8 cm³/mol. The van der Waals surface area contributed by atoms with Crippen molar-refractivity contribution in [1.29, 1.82) is 0 Å². The van der Waals surface area contributed by atoms with Crippen LogP contribution in [0.3, 0.4) is 0 Å². The Balaban J connectivity index is 2.02. The van der Waals surface area contributed by atoms with Crippen LogP contribution in [0.25, 0.3) is 0 Å². The molecule has 104 valence electrons. The van der Waals surface area contributed by atoms with Gasteiger partial charge < -0.3 is 10.0 Å². The summed E-state index contributed by atoms with van der Waals surface area (Å²) in [6.07, 6.45) is -2.26. The van der Waals surface area contributed by atoms with Crippen LogP contribution in [-0.4, -0.2) is 29.1 Å². The maximum Gasteiger partial charge on any atom is 0.433 e. The lowest BCUT2D eigenvalue weighted by atomic mass is 9.97. The summed E-state index contributed by atoms with van der Waals surface area (Å²) >= 11 is 0. The molecule has 0 atom stereocenters. The molecule has 0 aromatic carbocycles. The summed E-state index contributed by atoms with van der Waals surface area (Å²) in [6, 6.07) is 2.32. The van der Waals surface area contributed by atoms with Crippen molar-refractivity contribution in [3.05, 3.63) is 24.0 Å². The molecule has 4 nitrogen and oxygen atoms in total. The fourth-order valence-corrected chi connectivity index (χ4v) is 2.13. The molecule has 2 heterocycles. The number of carbonyl (C=O) groups is 1. The second-order valence-corrected chi connectivity index (χ2v) is 4.50. The first-order valence-corrected chi connectivity index (χ1v) is 5.89. The Morgan fingerprint density at radius 1 is 1.32 bits per heavy atom. The van der Waals surface area contributed by atoms with Gasteiger partial charge in [-0.25, -0.2) is 4.98 Å². The lowest BCUT2D eigenvalue weighted by molar-refractivity contribution is -0.142. The molecule has 1 aliphatic heterocycles. The number of aliphatic carboxylic acids is 1. The molecule has 1 aromatic rings. The van der Waals surface area contributed by atoms with Crippen LogP contribution >= 0.6 is 0 Å². The molecule has 1 fully saturated rings. The van der Waals surface area contributed by atoms with Crippen LogP contribution in [0.15, 0.2) is 18.3 Å². The van der Waals surface area contributed by atoms with E-state index in [4.69, 9.17) is 5.11 Å². The number of aromatic nitrogens is 1. The highest BCUT2D eigenvalue weighted by Gasteiger charge is 2.32. The maximum atomic E-state index is 12.4. The first-order chi connectivity index (χ1) is 8.88. The zero-order chi connectivity index (χ0) is 14.0. The first kappa shape index (κ1) is 13.6. The highest BCUT2D eigenvalue weighted by Crippen LogP contribution is 2.29. The summed E-state index contributed by atoms with van der Waals surface area (Å²) < 4.78 is 37.1. The minimum absolute atomic E-state index is 0.362. The minimum Gasteiger partial charge on any atom is -0.481 e. The first-order valence-electron chi connectivity index (χ1n) is 5.89. The summed E-state index contributed by atoms with van der Waals surface area (Å²) in [5, 5.41) is 8.87. The molecule has 0 amide bonds. The van der Waals surface area contributed by atoms with E-state index in [1.165, 1.54) is 12.3 Å². The molecule has 1 N–H and O–H groups in total. The van der Waals surface area contributed by atoms with Crippen LogP contribution in [0.5, 0.6) is 0 Å². The Morgan fingerprint density at radius 2 is 1.95 bits per heavy atom. The number of hydrogen-bond donors (Lipinski definition) is 1. The third-order valence-corrected chi connectivity index (χ3v) is 3.25. The van der Waals surface area contributed by atoms with Gasteiger partial charge in [0.15, 0.2) is 0 Å². The molecular formula is C12H13F3N2O2. The molecule has 19 heavy (non-hydrogen) atoms. The molecule has 1 saturated heterocycles. The molecule has 0 unspecified atom stereocenters. The Hall–Kier alpha value is -1.79. The van der Waals surface area contributed by atoms with Crippen molar-refractivity contribution in [3.63, 3.8) is 0 Å². The van der Waals surface area contributed by atoms with Gasteiger partial charge >= 0.3 is 12.1 Å². The van der Waals surface area contributed by atoms with Crippen molar-refractivity contribution < 1.29 is 23.1 Å². The van der Waals surface area contributed by atoms with Gasteiger partial charge in [-0.1, -0.05) is 0 Å².